The van der Waals surface area contributed by atoms with Crippen molar-refractivity contribution in [2.75, 3.05) is 13.7 Å². The molecule has 0 radical (unpaired) electrons. The van der Waals surface area contributed by atoms with Crippen molar-refractivity contribution in [3.05, 3.63) is 0 Å². The van der Waals surface area contributed by atoms with Crippen LogP contribution in [0.5, 0.6) is 0 Å². The number of unbranched alkanes of at least 4 members (excludes halogenated alkanes) is 1. The molecule has 2 fully saturated rings. The minimum absolute atomic E-state index is 0.137. The molecular weight excluding hydrogens is 244 g/mol. The second-order valence-corrected chi connectivity index (χ2v) is 5.98. The molecule has 5 heteroatoms. The second kappa shape index (κ2) is 5.38. The van der Waals surface area contributed by atoms with E-state index in [-0.39, 0.29) is 23.9 Å². The van der Waals surface area contributed by atoms with Gasteiger partial charge in [-0.3, -0.25) is 9.63 Å². The number of hydrogen-bond acceptors (Lipinski definition) is 4. The van der Waals surface area contributed by atoms with E-state index in [0.717, 1.165) is 12.8 Å². The second-order valence-electron chi connectivity index (χ2n) is 5.98. The van der Waals surface area contributed by atoms with Crippen LogP contribution in [0, 0.1) is 5.92 Å². The Labute approximate surface area is 115 Å². The summed E-state index contributed by atoms with van der Waals surface area (Å²) in [5, 5.41) is 1.86. The van der Waals surface area contributed by atoms with Gasteiger partial charge < -0.3 is 9.64 Å². The van der Waals surface area contributed by atoms with Gasteiger partial charge in [0.15, 0.2) is 6.29 Å². The number of rotatable bonds is 5. The molecule has 3 atom stereocenters. The molecule has 0 aliphatic carbocycles. The van der Waals surface area contributed by atoms with Crippen LogP contribution in [0.3, 0.4) is 0 Å². The Bertz CT molecular complexity index is 348. The van der Waals surface area contributed by atoms with Crippen molar-refractivity contribution in [2.45, 2.75) is 65.0 Å². The fourth-order valence-corrected chi connectivity index (χ4v) is 2.84. The lowest BCUT2D eigenvalue weighted by molar-refractivity contribution is -0.288. The smallest absolute Gasteiger partial charge is 0.243 e. The normalized spacial score (nSPS) is 35.5. The van der Waals surface area contributed by atoms with Crippen molar-refractivity contribution in [3.63, 3.8) is 0 Å². The van der Waals surface area contributed by atoms with Gasteiger partial charge in [0, 0.05) is 20.1 Å². The number of hydroxylamine groups is 2. The molecule has 1 amide bonds. The topological polar surface area (TPSA) is 42.0 Å². The van der Waals surface area contributed by atoms with Crippen LogP contribution in [0.25, 0.3) is 0 Å². The lowest BCUT2D eigenvalue weighted by atomic mass is 9.97. The lowest BCUT2D eigenvalue weighted by Crippen LogP contribution is -2.54. The molecule has 0 bridgehead atoms. The maximum Gasteiger partial charge on any atom is 0.243 e. The van der Waals surface area contributed by atoms with E-state index in [1.807, 2.05) is 17.0 Å². The molecule has 2 rings (SSSR count). The van der Waals surface area contributed by atoms with E-state index < -0.39 is 0 Å². The van der Waals surface area contributed by atoms with Gasteiger partial charge in [-0.1, -0.05) is 27.2 Å². The predicted molar refractivity (Wildman–Crippen MR) is 72.0 cm³/mol. The maximum absolute atomic E-state index is 12.3. The average molecular weight is 270 g/mol. The van der Waals surface area contributed by atoms with Crippen molar-refractivity contribution in [2.24, 2.45) is 5.92 Å². The SMILES string of the molecule is CCCCO[C@H]1C[C@@H]2C(=O)N(C)[C@@](C)(C(C)C)N2O1. The van der Waals surface area contributed by atoms with Gasteiger partial charge in [0.2, 0.25) is 5.91 Å². The van der Waals surface area contributed by atoms with Crippen molar-refractivity contribution in [3.8, 4) is 0 Å². The first-order valence-electron chi connectivity index (χ1n) is 7.28. The molecule has 0 spiro atoms. The Balaban J connectivity index is 2.06. The predicted octanol–water partition coefficient (Wildman–Crippen LogP) is 1.98. The van der Waals surface area contributed by atoms with Crippen LogP contribution in [0.2, 0.25) is 0 Å². The van der Waals surface area contributed by atoms with Crippen molar-refractivity contribution in [1.82, 2.24) is 9.96 Å². The fraction of sp³-hybridized carbons (Fsp3) is 0.929. The Hall–Kier alpha value is -0.650. The summed E-state index contributed by atoms with van der Waals surface area (Å²) in [7, 11) is 1.86. The standard InChI is InChI=1S/C14H26N2O3/c1-6-7-8-18-12-9-11-13(17)15(5)14(4,10(2)3)16(11)19-12/h10-12H,6-9H2,1-5H3/t11-,12-,14-/m1/s1. The summed E-state index contributed by atoms with van der Waals surface area (Å²) in [6.45, 7) is 9.11. The molecule has 0 aromatic rings. The van der Waals surface area contributed by atoms with E-state index >= 15 is 0 Å². The van der Waals surface area contributed by atoms with E-state index in [2.05, 4.69) is 27.7 Å². The van der Waals surface area contributed by atoms with Gasteiger partial charge in [-0.15, -0.1) is 5.06 Å². The Kier molecular flexibility index (Phi) is 4.18. The van der Waals surface area contributed by atoms with E-state index in [0.29, 0.717) is 18.9 Å². The van der Waals surface area contributed by atoms with Crippen LogP contribution in [0.15, 0.2) is 0 Å². The number of ether oxygens (including phenoxy) is 1. The zero-order chi connectivity index (χ0) is 14.2. The van der Waals surface area contributed by atoms with Crippen LogP contribution in [0.4, 0.5) is 0 Å². The minimum atomic E-state index is -0.384. The highest BCUT2D eigenvalue weighted by atomic mass is 16.8. The fourth-order valence-electron chi connectivity index (χ4n) is 2.84. The minimum Gasteiger partial charge on any atom is -0.351 e. The highest BCUT2D eigenvalue weighted by molar-refractivity contribution is 5.84. The molecular formula is C14H26N2O3. The molecule has 5 nitrogen and oxygen atoms in total. The molecule has 2 aliphatic rings. The molecule has 0 aromatic carbocycles. The molecule has 2 heterocycles. The maximum atomic E-state index is 12.3. The lowest BCUT2D eigenvalue weighted by Gasteiger charge is -2.41. The van der Waals surface area contributed by atoms with Crippen LogP contribution >= 0.6 is 0 Å². The number of carbonyl (C=O) groups excluding carboxylic acids is 1. The molecule has 2 aliphatic heterocycles. The number of likely N-dealkylation sites (N-methyl/N-ethyl adjacent to an activating group) is 1. The van der Waals surface area contributed by atoms with E-state index in [1.165, 1.54) is 0 Å². The Morgan fingerprint density at radius 1 is 1.53 bits per heavy atom. The third-order valence-corrected chi connectivity index (χ3v) is 4.57. The van der Waals surface area contributed by atoms with Crippen molar-refractivity contribution < 1.29 is 14.4 Å². The molecule has 110 valence electrons. The number of amides is 1. The highest BCUT2D eigenvalue weighted by Crippen LogP contribution is 2.42. The molecule has 0 unspecified atom stereocenters. The largest absolute Gasteiger partial charge is 0.351 e. The summed E-state index contributed by atoms with van der Waals surface area (Å²) in [6, 6.07) is -0.191. The molecule has 0 aromatic heterocycles. The number of hydrogen-bond donors (Lipinski definition) is 0. The van der Waals surface area contributed by atoms with Crippen molar-refractivity contribution in [1.29, 1.82) is 0 Å². The van der Waals surface area contributed by atoms with Crippen LogP contribution in [-0.2, 0) is 14.4 Å². The number of carbonyl (C=O) groups is 1. The summed E-state index contributed by atoms with van der Waals surface area (Å²) in [6.07, 6.45) is 2.49. The van der Waals surface area contributed by atoms with Crippen LogP contribution in [-0.4, -0.2) is 47.5 Å². The number of nitrogens with zero attached hydrogens (tertiary/aromatic N) is 2. The van der Waals surface area contributed by atoms with E-state index in [4.69, 9.17) is 9.57 Å². The monoisotopic (exact) mass is 270 g/mol. The zero-order valence-electron chi connectivity index (χ0n) is 12.7. The molecule has 19 heavy (non-hydrogen) atoms. The zero-order valence-corrected chi connectivity index (χ0v) is 12.7. The van der Waals surface area contributed by atoms with E-state index in [1.54, 1.807) is 0 Å². The first-order valence-corrected chi connectivity index (χ1v) is 7.28. The third kappa shape index (κ3) is 2.28. The molecule has 0 saturated carbocycles. The quantitative estimate of drug-likeness (QED) is 0.716. The van der Waals surface area contributed by atoms with Crippen LogP contribution in [0.1, 0.15) is 47.0 Å². The summed E-state index contributed by atoms with van der Waals surface area (Å²) in [4.78, 5) is 20.0. The van der Waals surface area contributed by atoms with Gasteiger partial charge in [-0.05, 0) is 19.3 Å². The first-order chi connectivity index (χ1) is 8.92. The average Bonchev–Trinajstić information content (AvgIpc) is 2.86. The van der Waals surface area contributed by atoms with Gasteiger partial charge in [0.1, 0.15) is 11.7 Å². The summed E-state index contributed by atoms with van der Waals surface area (Å²) in [5.41, 5.74) is -0.384. The van der Waals surface area contributed by atoms with Gasteiger partial charge in [-0.25, -0.2) is 0 Å². The number of fused-ring (bicyclic) bond motifs is 1. The van der Waals surface area contributed by atoms with Gasteiger partial charge in [-0.2, -0.15) is 0 Å². The van der Waals surface area contributed by atoms with Crippen molar-refractivity contribution >= 4 is 5.91 Å². The Morgan fingerprint density at radius 2 is 2.21 bits per heavy atom. The van der Waals surface area contributed by atoms with E-state index in [9.17, 15) is 4.79 Å². The molecule has 2 saturated heterocycles. The van der Waals surface area contributed by atoms with Crippen LogP contribution < -0.4 is 0 Å². The van der Waals surface area contributed by atoms with Gasteiger partial charge in [0.25, 0.3) is 0 Å². The summed E-state index contributed by atoms with van der Waals surface area (Å²) < 4.78 is 5.70. The Morgan fingerprint density at radius 3 is 2.79 bits per heavy atom. The van der Waals surface area contributed by atoms with Gasteiger partial charge in [0.05, 0.1) is 0 Å². The summed E-state index contributed by atoms with van der Waals surface area (Å²) in [5.74, 6) is 0.429. The molecule has 0 N–H and O–H groups in total. The highest BCUT2D eigenvalue weighted by Gasteiger charge is 2.59. The van der Waals surface area contributed by atoms with Gasteiger partial charge >= 0.3 is 0 Å². The third-order valence-electron chi connectivity index (χ3n) is 4.57. The first kappa shape index (κ1) is 14.8. The summed E-state index contributed by atoms with van der Waals surface area (Å²) >= 11 is 0.